The van der Waals surface area contributed by atoms with E-state index in [9.17, 15) is 0 Å². The normalized spacial score (nSPS) is 10.4. The van der Waals surface area contributed by atoms with Crippen molar-refractivity contribution in [2.24, 2.45) is 5.73 Å². The van der Waals surface area contributed by atoms with Crippen LogP contribution in [0.1, 0.15) is 10.4 Å². The fourth-order valence-corrected chi connectivity index (χ4v) is 2.28. The number of hydrogen-bond donors (Lipinski definition) is 1. The van der Waals surface area contributed by atoms with Crippen LogP contribution in [0.5, 0.6) is 11.5 Å². The summed E-state index contributed by atoms with van der Waals surface area (Å²) in [5, 5.41) is 0.581. The molecule has 4 nitrogen and oxygen atoms in total. The number of hydrogen-bond acceptors (Lipinski definition) is 5. The van der Waals surface area contributed by atoms with Gasteiger partial charge in [-0.15, -0.1) is 11.3 Å². The molecule has 0 atom stereocenters. The van der Waals surface area contributed by atoms with Crippen molar-refractivity contribution in [3.8, 4) is 11.5 Å². The van der Waals surface area contributed by atoms with E-state index < -0.39 is 0 Å². The lowest BCUT2D eigenvalue weighted by atomic mass is 10.2. The molecule has 0 saturated heterocycles. The zero-order valence-electron chi connectivity index (χ0n) is 9.85. The molecule has 1 heterocycles. The molecule has 6 heteroatoms. The summed E-state index contributed by atoms with van der Waals surface area (Å²) in [7, 11) is 1.57. The van der Waals surface area contributed by atoms with Gasteiger partial charge in [-0.25, -0.2) is 0 Å². The highest BCUT2D eigenvalue weighted by molar-refractivity contribution is 7.09. The maximum absolute atomic E-state index is 5.98. The molecule has 96 valence electrons. The van der Waals surface area contributed by atoms with Gasteiger partial charge in [-0.1, -0.05) is 11.6 Å². The Morgan fingerprint density at radius 3 is 2.89 bits per heavy atom. The number of nitrogens with two attached hydrogens (primary N) is 1. The van der Waals surface area contributed by atoms with Gasteiger partial charge in [-0.3, -0.25) is 4.98 Å². The topological polar surface area (TPSA) is 57.4 Å². The third-order valence-electron chi connectivity index (χ3n) is 2.38. The van der Waals surface area contributed by atoms with E-state index in [1.165, 1.54) is 11.3 Å². The summed E-state index contributed by atoms with van der Waals surface area (Å²) in [6.07, 6.45) is 1.77. The first-order valence-corrected chi connectivity index (χ1v) is 6.57. The molecule has 0 aliphatic rings. The van der Waals surface area contributed by atoms with Crippen molar-refractivity contribution in [3.63, 3.8) is 0 Å². The van der Waals surface area contributed by atoms with Gasteiger partial charge in [0.05, 0.1) is 17.5 Å². The number of thiazole rings is 1. The van der Waals surface area contributed by atoms with Crippen molar-refractivity contribution in [2.75, 3.05) is 7.11 Å². The van der Waals surface area contributed by atoms with Crippen LogP contribution in [-0.2, 0) is 13.2 Å². The van der Waals surface area contributed by atoms with Gasteiger partial charge in [0.25, 0.3) is 0 Å². The second-order valence-electron chi connectivity index (χ2n) is 3.56. The summed E-state index contributed by atoms with van der Waals surface area (Å²) in [5.74, 6) is 1.23. The molecule has 0 spiro atoms. The molecule has 1 aromatic heterocycles. The Bertz CT molecular complexity index is 492. The van der Waals surface area contributed by atoms with Gasteiger partial charge in [0.2, 0.25) is 0 Å². The average Bonchev–Trinajstić information content (AvgIpc) is 2.89. The Labute approximate surface area is 114 Å². The molecule has 18 heavy (non-hydrogen) atoms. The Hall–Kier alpha value is -1.30. The Balaban J connectivity index is 2.24. The van der Waals surface area contributed by atoms with Crippen LogP contribution in [0.25, 0.3) is 0 Å². The SMILES string of the molecule is COc1cc(Cl)cc(CN)c1OCc1cncs1. The lowest BCUT2D eigenvalue weighted by Crippen LogP contribution is -2.04. The van der Waals surface area contributed by atoms with E-state index in [-0.39, 0.29) is 0 Å². The Kier molecular flexibility index (Phi) is 4.41. The molecule has 0 aliphatic carbocycles. The molecule has 2 aromatic rings. The molecule has 0 amide bonds. The van der Waals surface area contributed by atoms with Crippen LogP contribution < -0.4 is 15.2 Å². The van der Waals surface area contributed by atoms with Crippen LogP contribution in [0.15, 0.2) is 23.8 Å². The molecule has 0 radical (unpaired) electrons. The van der Waals surface area contributed by atoms with Crippen LogP contribution in [0, 0.1) is 0 Å². The maximum Gasteiger partial charge on any atom is 0.166 e. The van der Waals surface area contributed by atoms with Crippen molar-refractivity contribution < 1.29 is 9.47 Å². The minimum atomic E-state index is 0.342. The zero-order valence-corrected chi connectivity index (χ0v) is 11.4. The van der Waals surface area contributed by atoms with Crippen LogP contribution in [0.4, 0.5) is 0 Å². The second-order valence-corrected chi connectivity index (χ2v) is 4.96. The standard InChI is InChI=1S/C12H13ClN2O2S/c1-16-11-3-9(13)2-8(4-14)12(11)17-6-10-5-15-7-18-10/h2-3,5,7H,4,6,14H2,1H3. The fraction of sp³-hybridized carbons (Fsp3) is 0.250. The van der Waals surface area contributed by atoms with E-state index in [4.69, 9.17) is 26.8 Å². The number of ether oxygens (including phenoxy) is 2. The van der Waals surface area contributed by atoms with E-state index >= 15 is 0 Å². The summed E-state index contributed by atoms with van der Waals surface area (Å²) in [5.41, 5.74) is 8.28. The molecule has 1 aromatic carbocycles. The molecule has 0 fully saturated rings. The number of halogens is 1. The summed E-state index contributed by atoms with van der Waals surface area (Å²) in [6.45, 7) is 0.782. The van der Waals surface area contributed by atoms with Crippen LogP contribution in [0.3, 0.4) is 0 Å². The van der Waals surface area contributed by atoms with Gasteiger partial charge in [0.15, 0.2) is 11.5 Å². The van der Waals surface area contributed by atoms with Gasteiger partial charge in [-0.05, 0) is 6.07 Å². The lowest BCUT2D eigenvalue weighted by molar-refractivity contribution is 0.284. The van der Waals surface area contributed by atoms with Crippen molar-refractivity contribution in [3.05, 3.63) is 39.3 Å². The average molecular weight is 285 g/mol. The minimum Gasteiger partial charge on any atom is -0.493 e. The first-order valence-electron chi connectivity index (χ1n) is 5.31. The summed E-state index contributed by atoms with van der Waals surface area (Å²) in [6, 6.07) is 3.49. The number of benzene rings is 1. The molecule has 2 N–H and O–H groups in total. The molecule has 0 unspecified atom stereocenters. The highest BCUT2D eigenvalue weighted by atomic mass is 35.5. The number of rotatable bonds is 5. The van der Waals surface area contributed by atoms with Gasteiger partial charge in [-0.2, -0.15) is 0 Å². The molecular formula is C12H13ClN2O2S. The maximum atomic E-state index is 5.98. The first-order chi connectivity index (χ1) is 8.74. The number of nitrogens with zero attached hydrogens (tertiary/aromatic N) is 1. The largest absolute Gasteiger partial charge is 0.493 e. The summed E-state index contributed by atoms with van der Waals surface area (Å²) >= 11 is 7.52. The van der Waals surface area contributed by atoms with Crippen molar-refractivity contribution in [1.29, 1.82) is 0 Å². The van der Waals surface area contributed by atoms with Gasteiger partial charge in [0.1, 0.15) is 6.61 Å². The predicted octanol–water partition coefficient (Wildman–Crippen LogP) is 2.84. The lowest BCUT2D eigenvalue weighted by Gasteiger charge is -2.14. The van der Waals surface area contributed by atoms with Crippen LogP contribution >= 0.6 is 22.9 Å². The van der Waals surface area contributed by atoms with E-state index in [2.05, 4.69) is 4.98 Å². The molecule has 0 bridgehead atoms. The highest BCUT2D eigenvalue weighted by Crippen LogP contribution is 2.35. The molecule has 2 rings (SSSR count). The van der Waals surface area contributed by atoms with E-state index in [0.29, 0.717) is 29.7 Å². The van der Waals surface area contributed by atoms with E-state index in [1.807, 2.05) is 0 Å². The third kappa shape index (κ3) is 2.93. The quantitative estimate of drug-likeness (QED) is 0.917. The summed E-state index contributed by atoms with van der Waals surface area (Å²) < 4.78 is 11.0. The zero-order chi connectivity index (χ0) is 13.0. The molecule has 0 saturated carbocycles. The molecular weight excluding hydrogens is 272 g/mol. The fourth-order valence-electron chi connectivity index (χ4n) is 1.55. The van der Waals surface area contributed by atoms with Crippen molar-refractivity contribution >= 4 is 22.9 Å². The van der Waals surface area contributed by atoms with Gasteiger partial charge < -0.3 is 15.2 Å². The second kappa shape index (κ2) is 6.04. The molecule has 0 aliphatic heterocycles. The van der Waals surface area contributed by atoms with Gasteiger partial charge >= 0.3 is 0 Å². The van der Waals surface area contributed by atoms with Crippen LogP contribution in [0.2, 0.25) is 5.02 Å². The van der Waals surface area contributed by atoms with Crippen molar-refractivity contribution in [1.82, 2.24) is 4.98 Å². The van der Waals surface area contributed by atoms with E-state index in [1.54, 1.807) is 30.9 Å². The van der Waals surface area contributed by atoms with Crippen LogP contribution in [-0.4, -0.2) is 12.1 Å². The number of aromatic nitrogens is 1. The first kappa shape index (κ1) is 13.1. The van der Waals surface area contributed by atoms with Gasteiger partial charge in [0, 0.05) is 29.4 Å². The minimum absolute atomic E-state index is 0.342. The predicted molar refractivity (Wildman–Crippen MR) is 72.3 cm³/mol. The monoisotopic (exact) mass is 284 g/mol. The Morgan fingerprint density at radius 1 is 1.44 bits per heavy atom. The number of methoxy groups -OCH3 is 1. The summed E-state index contributed by atoms with van der Waals surface area (Å²) in [4.78, 5) is 5.03. The highest BCUT2D eigenvalue weighted by Gasteiger charge is 2.12. The smallest absolute Gasteiger partial charge is 0.166 e. The Morgan fingerprint density at radius 2 is 2.28 bits per heavy atom. The van der Waals surface area contributed by atoms with E-state index in [0.717, 1.165) is 10.4 Å². The third-order valence-corrected chi connectivity index (χ3v) is 3.35. The van der Waals surface area contributed by atoms with Crippen molar-refractivity contribution in [2.45, 2.75) is 13.2 Å².